The summed E-state index contributed by atoms with van der Waals surface area (Å²) in [5.41, 5.74) is 0.833. The summed E-state index contributed by atoms with van der Waals surface area (Å²) in [5, 5.41) is 5.28. The summed E-state index contributed by atoms with van der Waals surface area (Å²) in [6.07, 6.45) is 6.78. The summed E-state index contributed by atoms with van der Waals surface area (Å²) in [7, 11) is 0. The maximum absolute atomic E-state index is 12.6. The van der Waals surface area contributed by atoms with Crippen molar-refractivity contribution in [2.75, 3.05) is 0 Å². The zero-order chi connectivity index (χ0) is 17.7. The van der Waals surface area contributed by atoms with Crippen molar-refractivity contribution >= 4 is 40.6 Å². The van der Waals surface area contributed by atoms with Crippen molar-refractivity contribution in [3.63, 3.8) is 0 Å². The van der Waals surface area contributed by atoms with Crippen LogP contribution in [0.2, 0.25) is 0 Å². The molecule has 1 aromatic rings. The molecule has 1 aliphatic heterocycles. The van der Waals surface area contributed by atoms with Gasteiger partial charge in [0.05, 0.1) is 27.7 Å². The summed E-state index contributed by atoms with van der Waals surface area (Å²) in [6.45, 7) is 3.96. The number of fused-ring (bicyclic) bond motifs is 5. The van der Waals surface area contributed by atoms with Crippen LogP contribution in [0.4, 0.5) is 0 Å². The Bertz CT molecular complexity index is 772. The minimum absolute atomic E-state index is 0.108. The number of imide groups is 1. The van der Waals surface area contributed by atoms with Crippen LogP contribution in [0.5, 0.6) is 5.75 Å². The highest BCUT2D eigenvalue weighted by molar-refractivity contribution is 14.1. The van der Waals surface area contributed by atoms with Gasteiger partial charge in [-0.2, -0.15) is 10.1 Å². The van der Waals surface area contributed by atoms with Gasteiger partial charge in [0.25, 0.3) is 11.8 Å². The topological polar surface area (TPSA) is 59.0 Å². The summed E-state index contributed by atoms with van der Waals surface area (Å²) < 4.78 is 6.68. The Morgan fingerprint density at radius 3 is 2.40 bits per heavy atom. The second-order valence-corrected chi connectivity index (χ2v) is 8.25. The molecule has 1 saturated carbocycles. The molecule has 6 heteroatoms. The molecule has 2 amide bonds. The molecule has 0 spiro atoms. The van der Waals surface area contributed by atoms with E-state index in [0.717, 1.165) is 26.3 Å². The van der Waals surface area contributed by atoms with Gasteiger partial charge in [-0.05, 0) is 78.5 Å². The van der Waals surface area contributed by atoms with Gasteiger partial charge in [-0.3, -0.25) is 9.59 Å². The Balaban J connectivity index is 1.52. The molecule has 2 aliphatic carbocycles. The molecule has 1 saturated heterocycles. The van der Waals surface area contributed by atoms with Crippen LogP contribution in [-0.2, 0) is 9.59 Å². The van der Waals surface area contributed by atoms with Crippen molar-refractivity contribution in [2.24, 2.45) is 28.8 Å². The van der Waals surface area contributed by atoms with E-state index in [1.54, 1.807) is 6.21 Å². The van der Waals surface area contributed by atoms with Gasteiger partial charge < -0.3 is 4.74 Å². The summed E-state index contributed by atoms with van der Waals surface area (Å²) in [6, 6.07) is 5.69. The highest BCUT2D eigenvalue weighted by Crippen LogP contribution is 2.52. The number of amides is 2. The van der Waals surface area contributed by atoms with Crippen LogP contribution >= 0.6 is 22.6 Å². The molecular formula is C19H19IN2O3. The first-order chi connectivity index (χ1) is 12.0. The number of ether oxygens (including phenoxy) is 1. The SMILES string of the molecule is CC(C)Oc1ccc(C=NN2C(=O)[C@@H]3[C@H](C2=O)[C@H]2C=C[C@H]3C2)cc1I. The summed E-state index contributed by atoms with van der Waals surface area (Å²) >= 11 is 2.21. The third kappa shape index (κ3) is 2.80. The lowest BCUT2D eigenvalue weighted by molar-refractivity contribution is -0.140. The molecular weight excluding hydrogens is 431 g/mol. The van der Waals surface area contributed by atoms with Crippen molar-refractivity contribution in [3.8, 4) is 5.75 Å². The largest absolute Gasteiger partial charge is 0.490 e. The average Bonchev–Trinajstić information content (AvgIpc) is 3.23. The van der Waals surface area contributed by atoms with Crippen LogP contribution in [0.25, 0.3) is 0 Å². The number of rotatable bonds is 4. The van der Waals surface area contributed by atoms with Crippen LogP contribution in [0.15, 0.2) is 35.5 Å². The number of hydrogen-bond donors (Lipinski definition) is 0. The maximum atomic E-state index is 12.6. The Morgan fingerprint density at radius 2 is 1.84 bits per heavy atom. The third-order valence-corrected chi connectivity index (χ3v) is 5.93. The molecule has 3 aliphatic rings. The maximum Gasteiger partial charge on any atom is 0.254 e. The highest BCUT2D eigenvalue weighted by atomic mass is 127. The Labute approximate surface area is 160 Å². The molecule has 2 bridgehead atoms. The van der Waals surface area contributed by atoms with Gasteiger partial charge in [0, 0.05) is 0 Å². The fourth-order valence-corrected chi connectivity index (χ4v) is 4.74. The number of benzene rings is 1. The van der Waals surface area contributed by atoms with E-state index in [0.29, 0.717) is 0 Å². The first-order valence-corrected chi connectivity index (χ1v) is 9.60. The molecule has 4 atom stereocenters. The van der Waals surface area contributed by atoms with Gasteiger partial charge in [0.1, 0.15) is 5.75 Å². The van der Waals surface area contributed by atoms with E-state index < -0.39 is 0 Å². The quantitative estimate of drug-likeness (QED) is 0.307. The van der Waals surface area contributed by atoms with Crippen LogP contribution < -0.4 is 4.74 Å². The monoisotopic (exact) mass is 450 g/mol. The van der Waals surface area contributed by atoms with Crippen LogP contribution in [-0.4, -0.2) is 29.1 Å². The lowest BCUT2D eigenvalue weighted by Gasteiger charge is -2.13. The second kappa shape index (κ2) is 6.23. The van der Waals surface area contributed by atoms with Crippen molar-refractivity contribution < 1.29 is 14.3 Å². The molecule has 130 valence electrons. The summed E-state index contributed by atoms with van der Waals surface area (Å²) in [4.78, 5) is 25.2. The molecule has 1 heterocycles. The molecule has 0 N–H and O–H groups in total. The van der Waals surface area contributed by atoms with Crippen molar-refractivity contribution in [1.82, 2.24) is 5.01 Å². The van der Waals surface area contributed by atoms with E-state index in [9.17, 15) is 9.59 Å². The molecule has 0 radical (unpaired) electrons. The standard InChI is InChI=1S/C19H19IN2O3/c1-10(2)25-15-6-3-11(7-14(15)20)9-21-22-18(23)16-12-4-5-13(8-12)17(16)19(22)24/h3-7,9-10,12-13,16-17H,8H2,1-2H3/t12-,13-,16-,17+/m0/s1. The molecule has 0 aromatic heterocycles. The van der Waals surface area contributed by atoms with E-state index in [4.69, 9.17) is 4.74 Å². The van der Waals surface area contributed by atoms with Crippen molar-refractivity contribution in [3.05, 3.63) is 39.5 Å². The van der Waals surface area contributed by atoms with Crippen LogP contribution in [0.3, 0.4) is 0 Å². The number of carbonyl (C=O) groups excluding carboxylic acids is 2. The van der Waals surface area contributed by atoms with Gasteiger partial charge in [0.2, 0.25) is 0 Å². The van der Waals surface area contributed by atoms with Crippen molar-refractivity contribution in [2.45, 2.75) is 26.4 Å². The highest BCUT2D eigenvalue weighted by Gasteiger charge is 2.59. The smallest absolute Gasteiger partial charge is 0.254 e. The van der Waals surface area contributed by atoms with E-state index >= 15 is 0 Å². The minimum Gasteiger partial charge on any atom is -0.490 e. The minimum atomic E-state index is -0.207. The van der Waals surface area contributed by atoms with Gasteiger partial charge in [0.15, 0.2) is 0 Å². The molecule has 25 heavy (non-hydrogen) atoms. The van der Waals surface area contributed by atoms with E-state index in [1.165, 1.54) is 0 Å². The first kappa shape index (κ1) is 16.8. The second-order valence-electron chi connectivity index (χ2n) is 7.09. The molecule has 2 fully saturated rings. The van der Waals surface area contributed by atoms with Gasteiger partial charge >= 0.3 is 0 Å². The average molecular weight is 450 g/mol. The summed E-state index contributed by atoms with van der Waals surface area (Å²) in [5.74, 6) is 0.511. The lowest BCUT2D eigenvalue weighted by Crippen LogP contribution is -2.28. The number of halogens is 1. The zero-order valence-corrected chi connectivity index (χ0v) is 16.2. The Kier molecular flexibility index (Phi) is 4.17. The lowest BCUT2D eigenvalue weighted by atomic mass is 9.85. The number of nitrogens with zero attached hydrogens (tertiary/aromatic N) is 2. The fraction of sp³-hybridized carbons (Fsp3) is 0.421. The van der Waals surface area contributed by atoms with E-state index in [2.05, 4.69) is 39.8 Å². The van der Waals surface area contributed by atoms with Gasteiger partial charge in [-0.1, -0.05) is 12.2 Å². The number of hydrogen-bond acceptors (Lipinski definition) is 4. The zero-order valence-electron chi connectivity index (χ0n) is 14.1. The van der Waals surface area contributed by atoms with Crippen LogP contribution in [0.1, 0.15) is 25.8 Å². The predicted molar refractivity (Wildman–Crippen MR) is 102 cm³/mol. The Hall–Kier alpha value is -1.70. The number of hydrazone groups is 1. The van der Waals surface area contributed by atoms with Crippen LogP contribution in [0, 0.1) is 27.2 Å². The fourth-order valence-electron chi connectivity index (χ4n) is 4.07. The molecule has 5 nitrogen and oxygen atoms in total. The molecule has 4 rings (SSSR count). The molecule has 1 aromatic carbocycles. The Morgan fingerprint density at radius 1 is 1.20 bits per heavy atom. The number of allylic oxidation sites excluding steroid dienone is 2. The van der Waals surface area contributed by atoms with Gasteiger partial charge in [-0.25, -0.2) is 0 Å². The first-order valence-electron chi connectivity index (χ1n) is 8.52. The van der Waals surface area contributed by atoms with Crippen molar-refractivity contribution in [1.29, 1.82) is 0 Å². The van der Waals surface area contributed by atoms with Gasteiger partial charge in [-0.15, -0.1) is 0 Å². The number of carbonyl (C=O) groups is 2. The van der Waals surface area contributed by atoms with E-state index in [-0.39, 0.29) is 41.6 Å². The third-order valence-electron chi connectivity index (χ3n) is 5.09. The van der Waals surface area contributed by atoms with E-state index in [1.807, 2.05) is 32.0 Å². The normalized spacial score (nSPS) is 30.2. The molecule has 0 unspecified atom stereocenters. The predicted octanol–water partition coefficient (Wildman–Crippen LogP) is 3.22.